The van der Waals surface area contributed by atoms with E-state index in [9.17, 15) is 14.7 Å². The molecule has 1 saturated heterocycles. The average molecular weight is 589 g/mol. The van der Waals surface area contributed by atoms with Crippen LogP contribution in [0.3, 0.4) is 0 Å². The number of ketones is 1. The first-order chi connectivity index (χ1) is 20.9. The summed E-state index contributed by atoms with van der Waals surface area (Å²) >= 11 is 0. The third-order valence-corrected chi connectivity index (χ3v) is 7.89. The molecule has 230 valence electrons. The zero-order valence-electron chi connectivity index (χ0n) is 25.3. The minimum absolute atomic E-state index is 0.0542. The molecule has 2 atom stereocenters. The number of amides is 1. The minimum Gasteiger partial charge on any atom is -0.497 e. The van der Waals surface area contributed by atoms with Crippen LogP contribution in [0.25, 0.3) is 0 Å². The van der Waals surface area contributed by atoms with E-state index in [1.807, 2.05) is 48.5 Å². The van der Waals surface area contributed by atoms with Crippen LogP contribution in [0.1, 0.15) is 66.1 Å². The number of benzene rings is 3. The van der Waals surface area contributed by atoms with E-state index >= 15 is 0 Å². The number of aliphatic hydroxyl groups is 1. The second-order valence-electron chi connectivity index (χ2n) is 11.0. The number of carbonyl (C=O) groups excluding carboxylic acids is 2. The molecule has 0 aliphatic carbocycles. The van der Waals surface area contributed by atoms with E-state index < -0.39 is 12.1 Å². The third kappa shape index (κ3) is 10.1. The number of Topliss-reactive ketones (excluding diaryl/α,β-unsaturated/α-hetero) is 1. The van der Waals surface area contributed by atoms with Crippen LogP contribution in [0.4, 0.5) is 0 Å². The smallest absolute Gasteiger partial charge is 0.220 e. The SMILES string of the molecule is COc1ccc(CCOc2ccc([C@@H](O)[C@@H](CN3CCCC3)NC(=O)CCCCC(=O)c3ccc(OC)cc3)cc2)cc1. The van der Waals surface area contributed by atoms with E-state index in [1.165, 1.54) is 0 Å². The fourth-order valence-corrected chi connectivity index (χ4v) is 5.31. The van der Waals surface area contributed by atoms with Crippen LogP contribution >= 0.6 is 0 Å². The van der Waals surface area contributed by atoms with Crippen molar-refractivity contribution in [3.8, 4) is 17.2 Å². The zero-order valence-corrected chi connectivity index (χ0v) is 25.3. The molecule has 43 heavy (non-hydrogen) atoms. The van der Waals surface area contributed by atoms with Gasteiger partial charge in [-0.2, -0.15) is 0 Å². The molecular formula is C35H44N2O6. The third-order valence-electron chi connectivity index (χ3n) is 7.89. The Bertz CT molecular complexity index is 1270. The van der Waals surface area contributed by atoms with Crippen LogP contribution in [0.5, 0.6) is 17.2 Å². The van der Waals surface area contributed by atoms with Gasteiger partial charge in [0, 0.05) is 31.4 Å². The Morgan fingerprint density at radius 1 is 0.814 bits per heavy atom. The first kappa shape index (κ1) is 32.0. The summed E-state index contributed by atoms with van der Waals surface area (Å²) in [6, 6.07) is 22.0. The van der Waals surface area contributed by atoms with Crippen LogP contribution < -0.4 is 19.5 Å². The summed E-state index contributed by atoms with van der Waals surface area (Å²) in [5.41, 5.74) is 2.54. The summed E-state index contributed by atoms with van der Waals surface area (Å²) in [6.45, 7) is 3.05. The van der Waals surface area contributed by atoms with Gasteiger partial charge in [-0.15, -0.1) is 0 Å². The van der Waals surface area contributed by atoms with Crippen molar-refractivity contribution in [2.24, 2.45) is 0 Å². The molecule has 1 aliphatic heterocycles. The van der Waals surface area contributed by atoms with Crippen LogP contribution in [0.2, 0.25) is 0 Å². The molecule has 1 heterocycles. The highest BCUT2D eigenvalue weighted by molar-refractivity contribution is 5.96. The largest absolute Gasteiger partial charge is 0.497 e. The first-order valence-corrected chi connectivity index (χ1v) is 15.2. The number of carbonyl (C=O) groups is 2. The number of hydrogen-bond donors (Lipinski definition) is 2. The second kappa shape index (κ2) is 16.7. The summed E-state index contributed by atoms with van der Waals surface area (Å²) in [4.78, 5) is 27.7. The van der Waals surface area contributed by atoms with Gasteiger partial charge >= 0.3 is 0 Å². The molecule has 0 unspecified atom stereocenters. The molecule has 2 N–H and O–H groups in total. The zero-order chi connectivity index (χ0) is 30.4. The monoisotopic (exact) mass is 588 g/mol. The van der Waals surface area contributed by atoms with E-state index in [0.29, 0.717) is 50.1 Å². The van der Waals surface area contributed by atoms with Crippen molar-refractivity contribution in [1.82, 2.24) is 10.2 Å². The average Bonchev–Trinajstić information content (AvgIpc) is 3.56. The van der Waals surface area contributed by atoms with Crippen molar-refractivity contribution >= 4 is 11.7 Å². The molecule has 1 amide bonds. The molecule has 3 aromatic carbocycles. The maximum absolute atomic E-state index is 12.9. The van der Waals surface area contributed by atoms with Crippen molar-refractivity contribution in [2.45, 2.75) is 57.1 Å². The summed E-state index contributed by atoms with van der Waals surface area (Å²) in [5, 5.41) is 14.4. The normalized spacial score (nSPS) is 14.6. The lowest BCUT2D eigenvalue weighted by Crippen LogP contribution is -2.46. The highest BCUT2D eigenvalue weighted by atomic mass is 16.5. The molecule has 0 spiro atoms. The van der Waals surface area contributed by atoms with Crippen molar-refractivity contribution in [2.75, 3.05) is 40.5 Å². The van der Waals surface area contributed by atoms with E-state index in [4.69, 9.17) is 14.2 Å². The van der Waals surface area contributed by atoms with Crippen molar-refractivity contribution < 1.29 is 28.9 Å². The fraction of sp³-hybridized carbons (Fsp3) is 0.429. The van der Waals surface area contributed by atoms with Gasteiger partial charge in [0.25, 0.3) is 0 Å². The Balaban J connectivity index is 1.25. The van der Waals surface area contributed by atoms with Gasteiger partial charge < -0.3 is 29.5 Å². The van der Waals surface area contributed by atoms with E-state index in [-0.39, 0.29) is 11.7 Å². The topological polar surface area (TPSA) is 97.3 Å². The van der Waals surface area contributed by atoms with E-state index in [1.54, 1.807) is 38.5 Å². The van der Waals surface area contributed by atoms with Gasteiger partial charge in [-0.3, -0.25) is 9.59 Å². The maximum atomic E-state index is 12.9. The van der Waals surface area contributed by atoms with E-state index in [0.717, 1.165) is 55.0 Å². The number of likely N-dealkylation sites (tertiary alicyclic amines) is 1. The molecule has 0 aromatic heterocycles. The number of ether oxygens (including phenoxy) is 3. The quantitative estimate of drug-likeness (QED) is 0.161. The number of rotatable bonds is 17. The molecule has 0 radical (unpaired) electrons. The van der Waals surface area contributed by atoms with Crippen LogP contribution in [0.15, 0.2) is 72.8 Å². The van der Waals surface area contributed by atoms with Crippen LogP contribution in [-0.4, -0.2) is 68.2 Å². The van der Waals surface area contributed by atoms with Gasteiger partial charge in [-0.05, 0) is 98.4 Å². The minimum atomic E-state index is -0.852. The lowest BCUT2D eigenvalue weighted by Gasteiger charge is -2.29. The fourth-order valence-electron chi connectivity index (χ4n) is 5.31. The van der Waals surface area contributed by atoms with Gasteiger partial charge in [-0.25, -0.2) is 0 Å². The van der Waals surface area contributed by atoms with Gasteiger partial charge in [0.2, 0.25) is 5.91 Å². The highest BCUT2D eigenvalue weighted by Gasteiger charge is 2.26. The van der Waals surface area contributed by atoms with E-state index in [2.05, 4.69) is 10.2 Å². The Labute approximate surface area is 255 Å². The Morgan fingerprint density at radius 3 is 2.02 bits per heavy atom. The lowest BCUT2D eigenvalue weighted by molar-refractivity contribution is -0.123. The lowest BCUT2D eigenvalue weighted by atomic mass is 10.0. The summed E-state index contributed by atoms with van der Waals surface area (Å²) < 4.78 is 16.3. The second-order valence-corrected chi connectivity index (χ2v) is 11.0. The number of nitrogens with zero attached hydrogens (tertiary/aromatic N) is 1. The standard InChI is InChI=1S/C35H44N2O6/c1-41-29-15-9-26(10-16-29)21-24-43-31-19-13-28(14-20-31)35(40)32(25-37-22-5-6-23-37)36-34(39)8-4-3-7-33(38)27-11-17-30(42-2)18-12-27/h9-20,32,35,40H,3-8,21-25H2,1-2H3,(H,36,39)/t32-,35-/m1/s1. The molecule has 4 rings (SSSR count). The summed E-state index contributed by atoms with van der Waals surface area (Å²) in [7, 11) is 3.24. The van der Waals surface area contributed by atoms with Crippen molar-refractivity contribution in [3.05, 3.63) is 89.5 Å². The first-order valence-electron chi connectivity index (χ1n) is 15.2. The Morgan fingerprint density at radius 2 is 1.40 bits per heavy atom. The molecular weight excluding hydrogens is 544 g/mol. The predicted molar refractivity (Wildman–Crippen MR) is 167 cm³/mol. The number of aliphatic hydroxyl groups excluding tert-OH is 1. The summed E-state index contributed by atoms with van der Waals surface area (Å²) in [6.07, 6.45) is 4.08. The molecule has 0 bridgehead atoms. The highest BCUT2D eigenvalue weighted by Crippen LogP contribution is 2.23. The Hall–Kier alpha value is -3.88. The van der Waals surface area contributed by atoms with Gasteiger partial charge in [0.1, 0.15) is 23.4 Å². The maximum Gasteiger partial charge on any atom is 0.220 e. The van der Waals surface area contributed by atoms with Gasteiger partial charge in [0.05, 0.1) is 26.9 Å². The van der Waals surface area contributed by atoms with Crippen molar-refractivity contribution in [3.63, 3.8) is 0 Å². The molecule has 0 saturated carbocycles. The van der Waals surface area contributed by atoms with Gasteiger partial charge in [0.15, 0.2) is 5.78 Å². The number of hydrogen-bond acceptors (Lipinski definition) is 7. The molecule has 1 fully saturated rings. The van der Waals surface area contributed by atoms with Crippen molar-refractivity contribution in [1.29, 1.82) is 0 Å². The van der Waals surface area contributed by atoms with Gasteiger partial charge in [-0.1, -0.05) is 24.3 Å². The number of nitrogens with one attached hydrogen (secondary N) is 1. The molecule has 8 nitrogen and oxygen atoms in total. The summed E-state index contributed by atoms with van der Waals surface area (Å²) in [5.74, 6) is 2.21. The molecule has 1 aliphatic rings. The molecule has 3 aromatic rings. The van der Waals surface area contributed by atoms with Crippen LogP contribution in [-0.2, 0) is 11.2 Å². The number of methoxy groups -OCH3 is 2. The number of unbranched alkanes of at least 4 members (excludes halogenated alkanes) is 1. The Kier molecular flexibility index (Phi) is 12.4. The molecule has 8 heteroatoms. The predicted octanol–water partition coefficient (Wildman–Crippen LogP) is 5.38. The van der Waals surface area contributed by atoms with Crippen LogP contribution in [0, 0.1) is 0 Å².